The highest BCUT2D eigenvalue weighted by Gasteiger charge is 2.68. The Bertz CT molecular complexity index is 1820. The maximum Gasteiger partial charge on any atom is 0.481 e. The van der Waals surface area contributed by atoms with E-state index in [1.54, 1.807) is 25.2 Å². The molecular weight excluding hydrogens is 745 g/mol. The number of hydrogen-bond acceptors (Lipinski definition) is 11. The Balaban J connectivity index is 1.45. The van der Waals surface area contributed by atoms with Crippen molar-refractivity contribution < 1.29 is 42.8 Å². The first-order chi connectivity index (χ1) is 27.6. The van der Waals surface area contributed by atoms with Crippen LogP contribution in [0.15, 0.2) is 36.4 Å². The van der Waals surface area contributed by atoms with Crippen molar-refractivity contribution in [2.75, 3.05) is 39.9 Å². The molecule has 3 saturated carbocycles. The lowest BCUT2D eigenvalue weighted by Gasteiger charge is -2.64. The Hall–Kier alpha value is -4.71. The van der Waals surface area contributed by atoms with Crippen LogP contribution in [0, 0.1) is 17.3 Å². The zero-order valence-corrected chi connectivity index (χ0v) is 34.7. The molecule has 1 heterocycles. The molecule has 4 aliphatic rings. The van der Waals surface area contributed by atoms with E-state index in [0.29, 0.717) is 52.8 Å². The van der Waals surface area contributed by atoms with Crippen LogP contribution in [-0.4, -0.2) is 112 Å². The zero-order valence-electron chi connectivity index (χ0n) is 34.7. The maximum absolute atomic E-state index is 14.2. The van der Waals surface area contributed by atoms with Gasteiger partial charge in [0.1, 0.15) is 36.8 Å². The summed E-state index contributed by atoms with van der Waals surface area (Å²) in [5.41, 5.74) is 14.0. The molecule has 5 amide bonds. The third-order valence-electron chi connectivity index (χ3n) is 12.4. The quantitative estimate of drug-likeness (QED) is 0.0778. The second-order valence-electron chi connectivity index (χ2n) is 16.4. The lowest BCUT2D eigenvalue weighted by atomic mass is 9.43. The van der Waals surface area contributed by atoms with Crippen molar-refractivity contribution in [2.24, 2.45) is 28.7 Å². The first kappa shape index (κ1) is 44.4. The highest BCUT2D eigenvalue weighted by atomic mass is 16.7. The molecular formula is C41H60BN7O9. The van der Waals surface area contributed by atoms with Crippen molar-refractivity contribution in [3.63, 3.8) is 0 Å². The van der Waals surface area contributed by atoms with Crippen molar-refractivity contribution in [1.29, 1.82) is 0 Å². The van der Waals surface area contributed by atoms with Crippen LogP contribution in [0.5, 0.6) is 11.5 Å². The molecule has 6 rings (SSSR count). The van der Waals surface area contributed by atoms with Crippen LogP contribution in [0.1, 0.15) is 71.6 Å². The molecule has 0 aromatic heterocycles. The Labute approximate surface area is 341 Å². The number of rotatable bonds is 21. The van der Waals surface area contributed by atoms with Crippen molar-refractivity contribution in [2.45, 2.75) is 96.6 Å². The summed E-state index contributed by atoms with van der Waals surface area (Å²) in [6.07, 6.45) is 2.89. The molecule has 2 aromatic rings. The fraction of sp³-hybridized carbons (Fsp3) is 0.585. The molecule has 16 nitrogen and oxygen atoms in total. The zero-order chi connectivity index (χ0) is 42.4. The van der Waals surface area contributed by atoms with Crippen LogP contribution in [0.3, 0.4) is 0 Å². The Morgan fingerprint density at radius 3 is 2.21 bits per heavy atom. The Morgan fingerprint density at radius 1 is 0.931 bits per heavy atom. The van der Waals surface area contributed by atoms with Gasteiger partial charge < -0.3 is 56.4 Å². The second-order valence-corrected chi connectivity index (χ2v) is 16.4. The molecule has 1 saturated heterocycles. The van der Waals surface area contributed by atoms with E-state index >= 15 is 0 Å². The van der Waals surface area contributed by atoms with Gasteiger partial charge in [0, 0.05) is 37.7 Å². The van der Waals surface area contributed by atoms with Crippen LogP contribution in [0.2, 0.25) is 0 Å². The van der Waals surface area contributed by atoms with Crippen LogP contribution in [0.25, 0.3) is 11.1 Å². The lowest BCUT2D eigenvalue weighted by molar-refractivity contribution is -0.199. The normalized spacial score (nSPS) is 23.5. The van der Waals surface area contributed by atoms with Gasteiger partial charge in [-0.2, -0.15) is 0 Å². The first-order valence-electron chi connectivity index (χ1n) is 20.1. The number of carbonyl (C=O) groups excluding carboxylic acids is 5. The van der Waals surface area contributed by atoms with Crippen molar-refractivity contribution in [1.82, 2.24) is 26.2 Å². The minimum atomic E-state index is -1.07. The smallest absolute Gasteiger partial charge is 0.481 e. The number of nitrogens with one attached hydrogen (secondary N) is 4. The molecule has 0 spiro atoms. The number of nitrogens with zero attached hydrogens (tertiary/aromatic N) is 1. The minimum absolute atomic E-state index is 0.0585. The van der Waals surface area contributed by atoms with Crippen LogP contribution in [0.4, 0.5) is 0 Å². The Kier molecular flexibility index (Phi) is 14.5. The molecule has 2 bridgehead atoms. The number of nitrogens with two attached hydrogens (primary N) is 2. The molecule has 17 heteroatoms. The molecule has 0 radical (unpaired) electrons. The molecule has 58 heavy (non-hydrogen) atoms. The summed E-state index contributed by atoms with van der Waals surface area (Å²) in [5, 5.41) is 10.7. The molecule has 8 N–H and O–H groups in total. The molecule has 3 aliphatic carbocycles. The van der Waals surface area contributed by atoms with Crippen molar-refractivity contribution in [3.05, 3.63) is 47.5 Å². The van der Waals surface area contributed by atoms with Crippen LogP contribution < -0.4 is 42.2 Å². The van der Waals surface area contributed by atoms with E-state index in [4.69, 9.17) is 30.2 Å². The number of benzene rings is 2. The highest BCUT2D eigenvalue weighted by Crippen LogP contribution is 2.65. The number of hydrogen-bond donors (Lipinski definition) is 6. The van der Waals surface area contributed by atoms with Gasteiger partial charge >= 0.3 is 7.12 Å². The third kappa shape index (κ3) is 9.43. The summed E-state index contributed by atoms with van der Waals surface area (Å²) in [6.45, 7) is 12.7. The number of amides is 5. The molecule has 4 unspecified atom stereocenters. The average Bonchev–Trinajstić information content (AvgIpc) is 3.58. The van der Waals surface area contributed by atoms with E-state index in [2.05, 4.69) is 42.0 Å². The molecule has 316 valence electrons. The van der Waals surface area contributed by atoms with E-state index < -0.39 is 48.6 Å². The van der Waals surface area contributed by atoms with Gasteiger partial charge in [-0.1, -0.05) is 26.0 Å². The topological polar surface area (TPSA) is 226 Å². The predicted molar refractivity (Wildman–Crippen MR) is 218 cm³/mol. The van der Waals surface area contributed by atoms with Gasteiger partial charge in [-0.3, -0.25) is 24.0 Å². The summed E-state index contributed by atoms with van der Waals surface area (Å²) in [7, 11) is 0.977. The molecule has 8 atom stereocenters. The maximum atomic E-state index is 14.2. The predicted octanol–water partition coefficient (Wildman–Crippen LogP) is 1.23. The van der Waals surface area contributed by atoms with Gasteiger partial charge in [-0.05, 0) is 93.2 Å². The standard InChI is InChI=1S/C41H60BN7O9/c1-24(46-23-51)38(53)48-32(39(54)47-26(3)42-57-36-20-29-19-35(40(29,4)5)41(36,6)58-42)17-27-8-10-33(55-14-12-43)30(16-27)31-18-28(9-11-34(31)56-15-13-44)25(2)49(7)37(52)21-45-22-50/h8-11,16,18,22-26,29,32,35-36H,12-15,17,19-21,43-44H2,1-7H3,(H,45,50)(H,46,51)(H,47,54)(H,48,53)/t24-,25?,26-,29?,32?,35?,36+,41-/m0/s1. The summed E-state index contributed by atoms with van der Waals surface area (Å²) >= 11 is 0. The second kappa shape index (κ2) is 18.9. The van der Waals surface area contributed by atoms with Crippen molar-refractivity contribution >= 4 is 37.7 Å². The van der Waals surface area contributed by atoms with Gasteiger partial charge in [0.15, 0.2) is 0 Å². The number of ether oxygens (including phenoxy) is 2. The van der Waals surface area contributed by atoms with E-state index in [1.165, 1.54) is 11.8 Å². The van der Waals surface area contributed by atoms with Gasteiger partial charge in [0.05, 0.1) is 30.2 Å². The van der Waals surface area contributed by atoms with E-state index in [9.17, 15) is 24.0 Å². The summed E-state index contributed by atoms with van der Waals surface area (Å²) < 4.78 is 25.3. The van der Waals surface area contributed by atoms with Gasteiger partial charge in [0.2, 0.25) is 30.5 Å². The van der Waals surface area contributed by atoms with Crippen LogP contribution in [-0.2, 0) is 39.7 Å². The highest BCUT2D eigenvalue weighted by molar-refractivity contribution is 6.47. The van der Waals surface area contributed by atoms with Gasteiger partial charge in [-0.25, -0.2) is 0 Å². The van der Waals surface area contributed by atoms with Crippen molar-refractivity contribution in [3.8, 4) is 22.6 Å². The minimum Gasteiger partial charge on any atom is -0.492 e. The van der Waals surface area contributed by atoms with Gasteiger partial charge in [0.25, 0.3) is 0 Å². The average molecular weight is 806 g/mol. The monoisotopic (exact) mass is 805 g/mol. The fourth-order valence-electron chi connectivity index (χ4n) is 8.64. The summed E-state index contributed by atoms with van der Waals surface area (Å²) in [5.74, 6) is 0.0807. The molecule has 2 aromatic carbocycles. The summed E-state index contributed by atoms with van der Waals surface area (Å²) in [4.78, 5) is 63.9. The van der Waals surface area contributed by atoms with E-state index in [0.717, 1.165) is 18.4 Å². The fourth-order valence-corrected chi connectivity index (χ4v) is 8.64. The third-order valence-corrected chi connectivity index (χ3v) is 12.4. The largest absolute Gasteiger partial charge is 0.492 e. The summed E-state index contributed by atoms with van der Waals surface area (Å²) in [6, 6.07) is 8.61. The SMILES string of the molecule is CC(c1ccc(OCCN)c(-c2cc(CC(NC(=O)[C@H](C)NC=O)C(=O)N[C@@H](C)B3O[C@@H]4CC5CC(C5(C)C)[C@]4(C)O3)ccc2OCCN)c1)N(C)C(=O)CNC=O. The Morgan fingerprint density at radius 2 is 1.59 bits per heavy atom. The first-order valence-corrected chi connectivity index (χ1v) is 20.1. The molecule has 1 aliphatic heterocycles. The van der Waals surface area contributed by atoms with Crippen LogP contribution >= 0.6 is 0 Å². The number of carbonyl (C=O) groups is 5. The van der Waals surface area contributed by atoms with Gasteiger partial charge in [-0.15, -0.1) is 0 Å². The number of likely N-dealkylation sites (N-methyl/N-ethyl adjacent to an activating group) is 1. The van der Waals surface area contributed by atoms with E-state index in [1.807, 2.05) is 32.0 Å². The molecule has 4 fully saturated rings. The van der Waals surface area contributed by atoms with E-state index in [-0.39, 0.29) is 56.7 Å². The lowest BCUT2D eigenvalue weighted by Crippen LogP contribution is -2.65.